The van der Waals surface area contributed by atoms with Crippen LogP contribution in [-0.2, 0) is 25.6 Å². The van der Waals surface area contributed by atoms with E-state index in [1.54, 1.807) is 44.1 Å². The van der Waals surface area contributed by atoms with Gasteiger partial charge in [0.2, 0.25) is 5.91 Å². The minimum absolute atomic E-state index is 0.00858. The number of aliphatic hydroxyl groups excluding tert-OH is 3. The molecule has 1 aromatic carbocycles. The fourth-order valence-electron chi connectivity index (χ4n) is 6.35. The predicted molar refractivity (Wildman–Crippen MR) is 162 cm³/mol. The number of hydrogen-bond acceptors (Lipinski definition) is 11. The lowest BCUT2D eigenvalue weighted by Crippen LogP contribution is -2.55. The summed E-state index contributed by atoms with van der Waals surface area (Å²) in [6, 6.07) is 0.810. The Hall–Kier alpha value is -3.94. The van der Waals surface area contributed by atoms with Crippen molar-refractivity contribution in [3.63, 3.8) is 0 Å². The average molecular weight is 602 g/mol. The number of Topliss-reactive ketones (excluding diaryl/α,β-unsaturated/α-hetero) is 2. The standard InChI is InChI=1S/C29H39N5O7.CH4O/c1-29(2,3)31-11-17(35)32-15-10-16(33(4)5)13-8-12-9-14-20(25(38)18(12)24(37)19(13)23(15)36)26(39)21(28(30)41)27(40)22(14)34(6)7;1-2/h10,12,14,20,22,31,36-37,40H,8-9,11H2,1-7H3,(H2,30,41)(H,32,35);2H,1H3/t12-,14+,20?,22-;/m0./s1. The highest BCUT2D eigenvalue weighted by atomic mass is 16.3. The lowest BCUT2D eigenvalue weighted by molar-refractivity contribution is -0.136. The summed E-state index contributed by atoms with van der Waals surface area (Å²) in [7, 11) is 7.91. The van der Waals surface area contributed by atoms with Gasteiger partial charge in [0.15, 0.2) is 11.6 Å². The Morgan fingerprint density at radius 1 is 1.05 bits per heavy atom. The number of primary amides is 1. The van der Waals surface area contributed by atoms with Crippen LogP contribution in [0.25, 0.3) is 5.76 Å². The summed E-state index contributed by atoms with van der Waals surface area (Å²) in [6.45, 7) is 5.71. The summed E-state index contributed by atoms with van der Waals surface area (Å²) in [5, 5.41) is 46.5. The Kier molecular flexibility index (Phi) is 9.64. The molecule has 1 aromatic rings. The molecule has 0 radical (unpaired) electrons. The van der Waals surface area contributed by atoms with Crippen LogP contribution in [0.2, 0.25) is 0 Å². The summed E-state index contributed by atoms with van der Waals surface area (Å²) >= 11 is 0. The molecule has 13 nitrogen and oxygen atoms in total. The van der Waals surface area contributed by atoms with E-state index in [9.17, 15) is 34.5 Å². The highest BCUT2D eigenvalue weighted by Gasteiger charge is 2.56. The molecule has 0 aliphatic heterocycles. The molecule has 43 heavy (non-hydrogen) atoms. The molecule has 0 aromatic heterocycles. The van der Waals surface area contributed by atoms with Crippen molar-refractivity contribution < 1.29 is 39.6 Å². The SMILES string of the molecule is CN(C)c1cc(NC(=O)CNC(C)(C)C)c(O)c2c1C[C@H]1C[C@@H]3C(C(=O)C(C(N)=O)=C(O)[C@H]3N(C)C)C(=O)C1=C2O.CO. The first-order valence-corrected chi connectivity index (χ1v) is 13.9. The predicted octanol–water partition coefficient (Wildman–Crippen LogP) is 0.850. The van der Waals surface area contributed by atoms with Gasteiger partial charge in [0.25, 0.3) is 5.91 Å². The molecule has 13 heteroatoms. The number of carbonyl (C=O) groups excluding carboxylic acids is 4. The van der Waals surface area contributed by atoms with Crippen molar-refractivity contribution in [1.29, 1.82) is 0 Å². The second kappa shape index (κ2) is 12.3. The Morgan fingerprint density at radius 2 is 1.65 bits per heavy atom. The Morgan fingerprint density at radius 3 is 2.16 bits per heavy atom. The number of aromatic hydroxyl groups is 1. The number of phenols is 1. The van der Waals surface area contributed by atoms with Crippen molar-refractivity contribution in [3.05, 3.63) is 34.1 Å². The van der Waals surface area contributed by atoms with E-state index in [0.29, 0.717) is 11.3 Å². The van der Waals surface area contributed by atoms with Gasteiger partial charge in [0.05, 0.1) is 29.8 Å². The van der Waals surface area contributed by atoms with Gasteiger partial charge in [-0.3, -0.25) is 24.1 Å². The molecule has 0 bridgehead atoms. The highest BCUT2D eigenvalue weighted by Crippen LogP contribution is 2.53. The van der Waals surface area contributed by atoms with Crippen molar-refractivity contribution in [1.82, 2.24) is 10.2 Å². The van der Waals surface area contributed by atoms with Crippen LogP contribution in [0.5, 0.6) is 5.75 Å². The van der Waals surface area contributed by atoms with Crippen molar-refractivity contribution in [2.75, 3.05) is 52.1 Å². The number of fused-ring (bicyclic) bond motifs is 3. The zero-order valence-electron chi connectivity index (χ0n) is 25.9. The van der Waals surface area contributed by atoms with Gasteiger partial charge < -0.3 is 41.7 Å². The monoisotopic (exact) mass is 601 g/mol. The number of likely N-dealkylation sites (N-methyl/N-ethyl adjacent to an activating group) is 1. The molecular formula is C30H43N5O8. The number of carbonyl (C=O) groups is 4. The van der Waals surface area contributed by atoms with Crippen LogP contribution < -0.4 is 21.3 Å². The first-order chi connectivity index (χ1) is 20.0. The minimum Gasteiger partial charge on any atom is -0.510 e. The zero-order chi connectivity index (χ0) is 32.7. The molecule has 3 aliphatic rings. The van der Waals surface area contributed by atoms with Crippen LogP contribution in [-0.4, -0.2) is 102 Å². The van der Waals surface area contributed by atoms with Crippen LogP contribution in [0.3, 0.4) is 0 Å². The number of ketones is 2. The van der Waals surface area contributed by atoms with Crippen molar-refractivity contribution in [2.45, 2.75) is 45.2 Å². The smallest absolute Gasteiger partial charge is 0.255 e. The van der Waals surface area contributed by atoms with Gasteiger partial charge in [-0.15, -0.1) is 0 Å². The van der Waals surface area contributed by atoms with Crippen LogP contribution >= 0.6 is 0 Å². The maximum Gasteiger partial charge on any atom is 0.255 e. The number of phenolic OH excluding ortho intramolecular Hbond substituents is 1. The van der Waals surface area contributed by atoms with E-state index in [1.165, 1.54) is 0 Å². The van der Waals surface area contributed by atoms with Gasteiger partial charge in [-0.2, -0.15) is 0 Å². The largest absolute Gasteiger partial charge is 0.510 e. The van der Waals surface area contributed by atoms with E-state index < -0.39 is 70.0 Å². The molecule has 2 amide bonds. The molecule has 0 spiro atoms. The second-order valence-electron chi connectivity index (χ2n) is 12.5. The van der Waals surface area contributed by atoms with Gasteiger partial charge in [-0.25, -0.2) is 0 Å². The molecular weight excluding hydrogens is 558 g/mol. The number of nitrogens with zero attached hydrogens (tertiary/aromatic N) is 2. The molecule has 4 atom stereocenters. The van der Waals surface area contributed by atoms with Gasteiger partial charge in [0, 0.05) is 38.0 Å². The molecule has 236 valence electrons. The summed E-state index contributed by atoms with van der Waals surface area (Å²) in [4.78, 5) is 55.6. The third-order valence-electron chi connectivity index (χ3n) is 8.08. The maximum absolute atomic E-state index is 14.0. The summed E-state index contributed by atoms with van der Waals surface area (Å²) in [5.41, 5.74) is 5.75. The van der Waals surface area contributed by atoms with Crippen LogP contribution in [0, 0.1) is 17.8 Å². The lowest BCUT2D eigenvalue weighted by Gasteiger charge is -2.46. The van der Waals surface area contributed by atoms with Crippen LogP contribution in [0.1, 0.15) is 38.3 Å². The van der Waals surface area contributed by atoms with Gasteiger partial charge in [0.1, 0.15) is 22.8 Å². The number of benzene rings is 1. The Labute approximate surface area is 251 Å². The van der Waals surface area contributed by atoms with Crippen molar-refractivity contribution in [2.24, 2.45) is 23.5 Å². The average Bonchev–Trinajstić information content (AvgIpc) is 2.88. The fraction of sp³-hybridized carbons (Fsp3) is 0.533. The second-order valence-corrected chi connectivity index (χ2v) is 12.5. The van der Waals surface area contributed by atoms with Crippen molar-refractivity contribution >= 4 is 40.5 Å². The van der Waals surface area contributed by atoms with E-state index in [1.807, 2.05) is 20.8 Å². The molecule has 8 N–H and O–H groups in total. The number of amides is 2. The zero-order valence-corrected chi connectivity index (χ0v) is 25.9. The number of rotatable bonds is 6. The molecule has 3 aliphatic carbocycles. The van der Waals surface area contributed by atoms with Crippen LogP contribution in [0.15, 0.2) is 23.0 Å². The summed E-state index contributed by atoms with van der Waals surface area (Å²) in [6.07, 6.45) is 0.510. The Bertz CT molecular complexity index is 1410. The van der Waals surface area contributed by atoms with E-state index in [4.69, 9.17) is 10.8 Å². The van der Waals surface area contributed by atoms with E-state index in [2.05, 4.69) is 10.6 Å². The Balaban J connectivity index is 0.00000248. The molecule has 1 unspecified atom stereocenters. The van der Waals surface area contributed by atoms with E-state index in [-0.39, 0.29) is 41.7 Å². The quantitative estimate of drug-likeness (QED) is 0.138. The topological polar surface area (TPSA) is 206 Å². The third-order valence-corrected chi connectivity index (χ3v) is 8.08. The fourth-order valence-corrected chi connectivity index (χ4v) is 6.35. The summed E-state index contributed by atoms with van der Waals surface area (Å²) in [5.74, 6) is -6.95. The highest BCUT2D eigenvalue weighted by molar-refractivity contribution is 6.28. The first-order valence-electron chi connectivity index (χ1n) is 13.9. The lowest BCUT2D eigenvalue weighted by atomic mass is 9.59. The van der Waals surface area contributed by atoms with Gasteiger partial charge in [-0.1, -0.05) is 0 Å². The normalized spacial score (nSPS) is 23.2. The van der Waals surface area contributed by atoms with Gasteiger partial charge >= 0.3 is 0 Å². The molecule has 0 heterocycles. The number of nitrogens with one attached hydrogen (secondary N) is 2. The third kappa shape index (κ3) is 6.10. The van der Waals surface area contributed by atoms with E-state index in [0.717, 1.165) is 7.11 Å². The first kappa shape index (κ1) is 33.6. The number of anilines is 2. The minimum atomic E-state index is -1.34. The maximum atomic E-state index is 14.0. The number of nitrogens with two attached hydrogens (primary N) is 1. The van der Waals surface area contributed by atoms with Gasteiger partial charge in [-0.05, 0) is 71.2 Å². The number of allylic oxidation sites excluding steroid dienone is 1. The number of aliphatic hydroxyl groups is 3. The summed E-state index contributed by atoms with van der Waals surface area (Å²) < 4.78 is 0. The molecule has 1 saturated carbocycles. The number of hydrogen-bond donors (Lipinski definition) is 7. The molecule has 4 rings (SSSR count). The molecule has 0 saturated heterocycles. The van der Waals surface area contributed by atoms with Crippen molar-refractivity contribution in [3.8, 4) is 5.75 Å². The molecule has 1 fully saturated rings. The van der Waals surface area contributed by atoms with E-state index >= 15 is 0 Å². The van der Waals surface area contributed by atoms with Crippen LogP contribution in [0.4, 0.5) is 11.4 Å².